The van der Waals surface area contributed by atoms with E-state index in [0.29, 0.717) is 0 Å². The third kappa shape index (κ3) is 1.63. The van der Waals surface area contributed by atoms with Crippen LogP contribution >= 0.6 is 25.2 Å². The van der Waals surface area contributed by atoms with Gasteiger partial charge < -0.3 is 0 Å². The van der Waals surface area contributed by atoms with E-state index < -0.39 is 0 Å². The molecule has 1 fully saturated rings. The van der Waals surface area contributed by atoms with Gasteiger partial charge in [0.2, 0.25) is 0 Å². The molecule has 0 unspecified atom stereocenters. The van der Waals surface area contributed by atoms with Crippen molar-refractivity contribution >= 4 is 25.2 Å². The lowest BCUT2D eigenvalue weighted by Gasteiger charge is -2.04. The molecule has 1 saturated heterocycles. The van der Waals surface area contributed by atoms with E-state index in [9.17, 15) is 0 Å². The zero-order valence-electron chi connectivity index (χ0n) is 4.06. The molecule has 42 valence electrons. The van der Waals surface area contributed by atoms with Crippen molar-refractivity contribution in [2.75, 3.05) is 13.1 Å². The Morgan fingerprint density at radius 2 is 1.86 bits per heavy atom. The van der Waals surface area contributed by atoms with Gasteiger partial charge in [-0.1, -0.05) is 0 Å². The highest BCUT2D eigenvalue weighted by Crippen LogP contribution is 2.22. The van der Waals surface area contributed by atoms with E-state index >= 15 is 0 Å². The Morgan fingerprint density at radius 3 is 2.14 bits per heavy atom. The summed E-state index contributed by atoms with van der Waals surface area (Å²) in [6, 6.07) is 0. The lowest BCUT2D eigenvalue weighted by molar-refractivity contribution is 0.593. The van der Waals surface area contributed by atoms with Crippen molar-refractivity contribution in [3.8, 4) is 0 Å². The highest BCUT2D eigenvalue weighted by Gasteiger charge is 2.08. The van der Waals surface area contributed by atoms with E-state index in [1.54, 1.807) is 10.4 Å². The number of rotatable bonds is 1. The summed E-state index contributed by atoms with van der Waals surface area (Å²) in [6.45, 7) is 2.52. The summed E-state index contributed by atoms with van der Waals surface area (Å²) in [5, 5.41) is 0. The van der Waals surface area contributed by atoms with Gasteiger partial charge in [0.25, 0.3) is 0 Å². The standard InChI is InChI=1S/C4H8BrNS/c5-7-6-3-1-2-4-6/h1-4H2. The van der Waals surface area contributed by atoms with Crippen LogP contribution in [0.25, 0.3) is 0 Å². The van der Waals surface area contributed by atoms with Crippen molar-refractivity contribution in [1.82, 2.24) is 4.31 Å². The number of hydrogen-bond donors (Lipinski definition) is 0. The SMILES string of the molecule is BrSN1CCCC1. The van der Waals surface area contributed by atoms with Gasteiger partial charge in [0.05, 0.1) is 0 Å². The lowest BCUT2D eigenvalue weighted by Crippen LogP contribution is -2.05. The second-order valence-corrected chi connectivity index (χ2v) is 3.23. The van der Waals surface area contributed by atoms with Gasteiger partial charge >= 0.3 is 0 Å². The number of hydrogen-bond acceptors (Lipinski definition) is 2. The first-order valence-corrected chi connectivity index (χ1v) is 5.09. The van der Waals surface area contributed by atoms with Crippen molar-refractivity contribution < 1.29 is 0 Å². The second-order valence-electron chi connectivity index (χ2n) is 1.71. The second kappa shape index (κ2) is 2.95. The van der Waals surface area contributed by atoms with Crippen LogP contribution in [0, 0.1) is 0 Å². The molecule has 7 heavy (non-hydrogen) atoms. The molecule has 1 nitrogen and oxygen atoms in total. The molecule has 1 aliphatic rings. The maximum Gasteiger partial charge on any atom is 0.00977 e. The fourth-order valence-corrected chi connectivity index (χ4v) is 2.02. The Hall–Kier alpha value is 0.790. The summed E-state index contributed by atoms with van der Waals surface area (Å²) in [5.41, 5.74) is 0. The van der Waals surface area contributed by atoms with Gasteiger partial charge in [0.1, 0.15) is 0 Å². The minimum Gasteiger partial charge on any atom is -0.241 e. The molecule has 0 radical (unpaired) electrons. The fraction of sp³-hybridized carbons (Fsp3) is 1.00. The third-order valence-electron chi connectivity index (χ3n) is 1.16. The Morgan fingerprint density at radius 1 is 1.29 bits per heavy atom. The van der Waals surface area contributed by atoms with Gasteiger partial charge in [0, 0.05) is 38.3 Å². The topological polar surface area (TPSA) is 3.24 Å². The summed E-state index contributed by atoms with van der Waals surface area (Å²) in [6.07, 6.45) is 2.75. The van der Waals surface area contributed by atoms with Crippen molar-refractivity contribution in [3.05, 3.63) is 0 Å². The van der Waals surface area contributed by atoms with Crippen LogP contribution < -0.4 is 0 Å². The molecule has 0 N–H and O–H groups in total. The van der Waals surface area contributed by atoms with Gasteiger partial charge in [-0.3, -0.25) is 0 Å². The normalized spacial score (nSPS) is 23.6. The Kier molecular flexibility index (Phi) is 2.49. The van der Waals surface area contributed by atoms with Crippen LogP contribution in [0.3, 0.4) is 0 Å². The average Bonchev–Trinajstić information content (AvgIpc) is 2.14. The molecule has 0 aliphatic carbocycles. The van der Waals surface area contributed by atoms with Crippen LogP contribution in [0.4, 0.5) is 0 Å². The minimum atomic E-state index is 1.26. The quantitative estimate of drug-likeness (QED) is 0.571. The van der Waals surface area contributed by atoms with E-state index in [4.69, 9.17) is 0 Å². The predicted octanol–water partition coefficient (Wildman–Crippen LogP) is 2.04. The molecule has 0 aromatic carbocycles. The zero-order valence-corrected chi connectivity index (χ0v) is 6.46. The highest BCUT2D eigenvalue weighted by molar-refractivity contribution is 9.49. The maximum atomic E-state index is 3.32. The molecule has 0 aromatic rings. The monoisotopic (exact) mass is 181 g/mol. The average molecular weight is 182 g/mol. The smallest absolute Gasteiger partial charge is 0.00977 e. The van der Waals surface area contributed by atoms with Crippen LogP contribution in [0.15, 0.2) is 0 Å². The van der Waals surface area contributed by atoms with E-state index in [1.165, 1.54) is 25.9 Å². The molecule has 1 aliphatic heterocycles. The molecular weight excluding hydrogens is 174 g/mol. The van der Waals surface area contributed by atoms with E-state index in [-0.39, 0.29) is 0 Å². The number of nitrogens with zero attached hydrogens (tertiary/aromatic N) is 1. The molecule has 0 amide bonds. The van der Waals surface area contributed by atoms with Gasteiger partial charge in [-0.05, 0) is 12.8 Å². The molecule has 1 heterocycles. The largest absolute Gasteiger partial charge is 0.241 e. The van der Waals surface area contributed by atoms with Crippen molar-refractivity contribution in [1.29, 1.82) is 0 Å². The van der Waals surface area contributed by atoms with Crippen LogP contribution in [0.1, 0.15) is 12.8 Å². The van der Waals surface area contributed by atoms with Crippen molar-refractivity contribution in [2.24, 2.45) is 0 Å². The maximum absolute atomic E-state index is 3.32. The third-order valence-corrected chi connectivity index (χ3v) is 2.95. The first kappa shape index (κ1) is 5.92. The first-order chi connectivity index (χ1) is 3.43. The van der Waals surface area contributed by atoms with E-state index in [0.717, 1.165) is 0 Å². The predicted molar refractivity (Wildman–Crippen MR) is 37.3 cm³/mol. The summed E-state index contributed by atoms with van der Waals surface area (Å²) in [5.74, 6) is 0. The van der Waals surface area contributed by atoms with E-state index in [1.807, 2.05) is 0 Å². The number of halogens is 1. The van der Waals surface area contributed by atoms with Gasteiger partial charge in [-0.2, -0.15) is 0 Å². The highest BCUT2D eigenvalue weighted by atomic mass is 79.9. The Bertz CT molecular complexity index is 53.7. The van der Waals surface area contributed by atoms with Gasteiger partial charge in [-0.25, -0.2) is 4.31 Å². The van der Waals surface area contributed by atoms with Gasteiger partial charge in [0.15, 0.2) is 0 Å². The molecule has 0 bridgehead atoms. The van der Waals surface area contributed by atoms with Crippen LogP contribution in [0.2, 0.25) is 0 Å². The molecule has 1 rings (SSSR count). The van der Waals surface area contributed by atoms with Gasteiger partial charge in [-0.15, -0.1) is 0 Å². The van der Waals surface area contributed by atoms with Crippen LogP contribution in [0.5, 0.6) is 0 Å². The molecular formula is C4H8BrNS. The molecule has 0 saturated carbocycles. The molecule has 0 atom stereocenters. The fourth-order valence-electron chi connectivity index (χ4n) is 0.757. The Balaban J connectivity index is 2.14. The van der Waals surface area contributed by atoms with Crippen LogP contribution in [-0.2, 0) is 0 Å². The molecule has 0 spiro atoms. The first-order valence-electron chi connectivity index (χ1n) is 2.47. The zero-order chi connectivity index (χ0) is 5.11. The van der Waals surface area contributed by atoms with Crippen molar-refractivity contribution in [3.63, 3.8) is 0 Å². The molecule has 3 heteroatoms. The summed E-state index contributed by atoms with van der Waals surface area (Å²) in [4.78, 5) is 0. The van der Waals surface area contributed by atoms with E-state index in [2.05, 4.69) is 19.1 Å². The minimum absolute atomic E-state index is 1.26. The summed E-state index contributed by atoms with van der Waals surface area (Å²) < 4.78 is 2.32. The lowest BCUT2D eigenvalue weighted by atomic mass is 10.4. The van der Waals surface area contributed by atoms with Crippen molar-refractivity contribution in [2.45, 2.75) is 12.8 Å². The summed E-state index contributed by atoms with van der Waals surface area (Å²) in [7, 11) is 1.68. The molecule has 0 aromatic heterocycles. The summed E-state index contributed by atoms with van der Waals surface area (Å²) >= 11 is 3.32. The van der Waals surface area contributed by atoms with Crippen LogP contribution in [-0.4, -0.2) is 17.4 Å². The Labute approximate surface area is 55.8 Å².